The lowest BCUT2D eigenvalue weighted by Crippen LogP contribution is -2.43. The van der Waals surface area contributed by atoms with Crippen LogP contribution in [-0.2, 0) is 0 Å². The van der Waals surface area contributed by atoms with Crippen LogP contribution in [0.2, 0.25) is 0 Å². The third kappa shape index (κ3) is 3.53. The smallest absolute Gasteiger partial charge is 0.0500 e. The van der Waals surface area contributed by atoms with Gasteiger partial charge in [0.05, 0.1) is 0 Å². The summed E-state index contributed by atoms with van der Waals surface area (Å²) in [7, 11) is 2.19. The lowest BCUT2D eigenvalue weighted by Gasteiger charge is -2.37. The molecule has 102 valence electrons. The average molecular weight is 249 g/mol. The van der Waals surface area contributed by atoms with Crippen LogP contribution in [0.1, 0.15) is 51.6 Å². The summed E-state index contributed by atoms with van der Waals surface area (Å²) in [4.78, 5) is 6.53. The van der Waals surface area contributed by atoms with Crippen molar-refractivity contribution in [3.8, 4) is 0 Å². The Kier molecular flexibility index (Phi) is 6.30. The maximum atomic E-state index is 6.34. The minimum absolute atomic E-state index is 0.165. The molecule has 0 aliphatic carbocycles. The molecule has 0 saturated carbocycles. The van der Waals surface area contributed by atoms with Crippen molar-refractivity contribution in [1.29, 1.82) is 0 Å². The third-order valence-electron chi connectivity index (χ3n) is 3.88. The largest absolute Gasteiger partial charge is 0.326 e. The van der Waals surface area contributed by atoms with Crippen molar-refractivity contribution in [2.45, 2.75) is 58.2 Å². The van der Waals surface area contributed by atoms with E-state index in [1.807, 2.05) is 12.4 Å². The molecule has 0 spiro atoms. The number of nitrogens with zero attached hydrogens (tertiary/aromatic N) is 2. The van der Waals surface area contributed by atoms with E-state index in [4.69, 9.17) is 5.73 Å². The van der Waals surface area contributed by atoms with Gasteiger partial charge < -0.3 is 5.73 Å². The highest BCUT2D eigenvalue weighted by molar-refractivity contribution is 5.17. The van der Waals surface area contributed by atoms with E-state index in [0.717, 1.165) is 19.3 Å². The van der Waals surface area contributed by atoms with Crippen molar-refractivity contribution in [3.05, 3.63) is 30.1 Å². The minimum atomic E-state index is 0.165. The Morgan fingerprint density at radius 2 is 1.67 bits per heavy atom. The van der Waals surface area contributed by atoms with Crippen LogP contribution >= 0.6 is 0 Å². The summed E-state index contributed by atoms with van der Waals surface area (Å²) < 4.78 is 0. The van der Waals surface area contributed by atoms with Gasteiger partial charge in [0.2, 0.25) is 0 Å². The molecule has 3 nitrogen and oxygen atoms in total. The van der Waals surface area contributed by atoms with Gasteiger partial charge in [-0.1, -0.05) is 20.8 Å². The molecule has 0 radical (unpaired) electrons. The summed E-state index contributed by atoms with van der Waals surface area (Å²) in [6.45, 7) is 6.64. The van der Waals surface area contributed by atoms with Gasteiger partial charge in [-0.3, -0.25) is 9.88 Å². The highest BCUT2D eigenvalue weighted by atomic mass is 15.2. The fraction of sp³-hybridized carbons (Fsp3) is 0.667. The van der Waals surface area contributed by atoms with Crippen LogP contribution in [0.5, 0.6) is 0 Å². The van der Waals surface area contributed by atoms with E-state index in [1.165, 1.54) is 5.56 Å². The zero-order valence-corrected chi connectivity index (χ0v) is 12.1. The van der Waals surface area contributed by atoms with Crippen molar-refractivity contribution in [2.75, 3.05) is 7.05 Å². The van der Waals surface area contributed by atoms with Crippen molar-refractivity contribution >= 4 is 0 Å². The van der Waals surface area contributed by atoms with E-state index < -0.39 is 0 Å². The number of likely N-dealkylation sites (N-methyl/N-ethyl adjacent to an activating group) is 1. The Balaban J connectivity index is 2.98. The number of rotatable bonds is 7. The lowest BCUT2D eigenvalue weighted by molar-refractivity contribution is 0.140. The maximum Gasteiger partial charge on any atom is 0.0500 e. The fourth-order valence-corrected chi connectivity index (χ4v) is 2.66. The molecule has 2 N–H and O–H groups in total. The second-order valence-electron chi connectivity index (χ2n) is 4.93. The first-order valence-electron chi connectivity index (χ1n) is 7.03. The molecular weight excluding hydrogens is 222 g/mol. The van der Waals surface area contributed by atoms with Crippen LogP contribution in [0.25, 0.3) is 0 Å². The van der Waals surface area contributed by atoms with Gasteiger partial charge >= 0.3 is 0 Å². The molecule has 1 rings (SSSR count). The van der Waals surface area contributed by atoms with Crippen molar-refractivity contribution in [3.63, 3.8) is 0 Å². The molecule has 3 heteroatoms. The van der Waals surface area contributed by atoms with Crippen LogP contribution in [0, 0.1) is 0 Å². The fourth-order valence-electron chi connectivity index (χ4n) is 2.66. The first kappa shape index (κ1) is 15.1. The summed E-state index contributed by atoms with van der Waals surface area (Å²) in [5.74, 6) is 0. The van der Waals surface area contributed by atoms with Crippen LogP contribution < -0.4 is 5.73 Å². The first-order valence-corrected chi connectivity index (χ1v) is 7.03. The average Bonchev–Trinajstić information content (AvgIpc) is 2.41. The van der Waals surface area contributed by atoms with Gasteiger partial charge in [-0.25, -0.2) is 0 Å². The second-order valence-corrected chi connectivity index (χ2v) is 4.93. The monoisotopic (exact) mass is 249 g/mol. The van der Waals surface area contributed by atoms with E-state index in [1.54, 1.807) is 0 Å². The highest BCUT2D eigenvalue weighted by Crippen LogP contribution is 2.27. The summed E-state index contributed by atoms with van der Waals surface area (Å²) >= 11 is 0. The molecule has 0 aliphatic heterocycles. The molecule has 0 bridgehead atoms. The van der Waals surface area contributed by atoms with Gasteiger partial charge in [0.1, 0.15) is 0 Å². The zero-order valence-electron chi connectivity index (χ0n) is 12.1. The predicted octanol–water partition coefficient (Wildman–Crippen LogP) is 2.98. The summed E-state index contributed by atoms with van der Waals surface area (Å²) in [6, 6.07) is 5.19. The lowest BCUT2D eigenvalue weighted by atomic mass is 9.95. The Bertz CT molecular complexity index is 322. The van der Waals surface area contributed by atoms with Gasteiger partial charge in [-0.2, -0.15) is 0 Å². The first-order chi connectivity index (χ1) is 8.65. The van der Waals surface area contributed by atoms with Gasteiger partial charge in [0, 0.05) is 30.5 Å². The van der Waals surface area contributed by atoms with Crippen molar-refractivity contribution < 1.29 is 0 Å². The number of pyridine rings is 1. The normalized spacial score (nSPS) is 15.1. The van der Waals surface area contributed by atoms with Crippen molar-refractivity contribution in [2.24, 2.45) is 5.73 Å². The molecule has 2 unspecified atom stereocenters. The van der Waals surface area contributed by atoms with E-state index in [-0.39, 0.29) is 12.1 Å². The number of hydrogen-bond donors (Lipinski definition) is 1. The zero-order chi connectivity index (χ0) is 13.5. The quantitative estimate of drug-likeness (QED) is 0.808. The Hall–Kier alpha value is -0.930. The van der Waals surface area contributed by atoms with Crippen LogP contribution in [0.4, 0.5) is 0 Å². The van der Waals surface area contributed by atoms with E-state index in [9.17, 15) is 0 Å². The van der Waals surface area contributed by atoms with Crippen molar-refractivity contribution in [1.82, 2.24) is 9.88 Å². The van der Waals surface area contributed by atoms with Crippen LogP contribution in [0.3, 0.4) is 0 Å². The number of nitrogens with two attached hydrogens (primary N) is 1. The van der Waals surface area contributed by atoms with E-state index in [2.05, 4.69) is 49.8 Å². The molecule has 1 aromatic heterocycles. The molecule has 1 heterocycles. The number of aromatic nitrogens is 1. The number of hydrogen-bond acceptors (Lipinski definition) is 3. The van der Waals surface area contributed by atoms with Gasteiger partial charge in [0.25, 0.3) is 0 Å². The SMILES string of the molecule is CCC(N)C(c1ccncc1)N(C)C(CC)CC. The van der Waals surface area contributed by atoms with E-state index >= 15 is 0 Å². The molecular formula is C15H27N3. The summed E-state index contributed by atoms with van der Waals surface area (Å²) in [6.07, 6.45) is 7.00. The molecule has 1 aromatic rings. The standard InChI is InChI=1S/C15H27N3/c1-5-13(6-2)18(4)15(14(16)7-3)12-8-10-17-11-9-12/h8-11,13-15H,5-7,16H2,1-4H3. The molecule has 0 aliphatic rings. The molecule has 0 fully saturated rings. The Morgan fingerprint density at radius 1 is 1.11 bits per heavy atom. The Labute approximate surface area is 111 Å². The van der Waals surface area contributed by atoms with Gasteiger partial charge in [0.15, 0.2) is 0 Å². The predicted molar refractivity (Wildman–Crippen MR) is 77.4 cm³/mol. The molecule has 0 amide bonds. The van der Waals surface area contributed by atoms with Crippen LogP contribution in [0.15, 0.2) is 24.5 Å². The summed E-state index contributed by atoms with van der Waals surface area (Å²) in [5.41, 5.74) is 7.61. The molecule has 2 atom stereocenters. The Morgan fingerprint density at radius 3 is 2.11 bits per heavy atom. The summed E-state index contributed by atoms with van der Waals surface area (Å²) in [5, 5.41) is 0. The van der Waals surface area contributed by atoms with Gasteiger partial charge in [-0.05, 0) is 44.0 Å². The van der Waals surface area contributed by atoms with Gasteiger partial charge in [-0.15, -0.1) is 0 Å². The molecule has 0 saturated heterocycles. The molecule has 18 heavy (non-hydrogen) atoms. The topological polar surface area (TPSA) is 42.1 Å². The minimum Gasteiger partial charge on any atom is -0.326 e. The van der Waals surface area contributed by atoms with Crippen LogP contribution in [-0.4, -0.2) is 29.0 Å². The third-order valence-corrected chi connectivity index (χ3v) is 3.88. The second kappa shape index (κ2) is 7.49. The maximum absolute atomic E-state index is 6.34. The van der Waals surface area contributed by atoms with E-state index in [0.29, 0.717) is 6.04 Å². The highest BCUT2D eigenvalue weighted by Gasteiger charge is 2.26. The molecule has 0 aromatic carbocycles.